The van der Waals surface area contributed by atoms with Crippen LogP contribution in [0.5, 0.6) is 0 Å². The molecular formula is C40H27N3O2. The van der Waals surface area contributed by atoms with E-state index in [-0.39, 0.29) is 0 Å². The first kappa shape index (κ1) is 25.7. The van der Waals surface area contributed by atoms with Crippen molar-refractivity contribution in [3.63, 3.8) is 0 Å². The summed E-state index contributed by atoms with van der Waals surface area (Å²) >= 11 is 0. The van der Waals surface area contributed by atoms with Gasteiger partial charge in [-0.1, -0.05) is 110 Å². The molecule has 5 nitrogen and oxygen atoms in total. The van der Waals surface area contributed by atoms with E-state index in [0.717, 1.165) is 78.1 Å². The van der Waals surface area contributed by atoms with Gasteiger partial charge in [-0.05, 0) is 42.2 Å². The summed E-state index contributed by atoms with van der Waals surface area (Å²) in [7, 11) is 0. The minimum absolute atomic E-state index is 0.312. The second-order valence-electron chi connectivity index (χ2n) is 11.6. The first-order valence-corrected chi connectivity index (χ1v) is 15.3. The smallest absolute Gasteiger partial charge is 0.164 e. The fourth-order valence-electron chi connectivity index (χ4n) is 6.54. The van der Waals surface area contributed by atoms with Crippen LogP contribution in [-0.2, 0) is 0 Å². The van der Waals surface area contributed by atoms with E-state index in [1.807, 2.05) is 66.7 Å². The lowest BCUT2D eigenvalue weighted by atomic mass is 9.92. The Balaban J connectivity index is 1.26. The molecule has 45 heavy (non-hydrogen) atoms. The summed E-state index contributed by atoms with van der Waals surface area (Å²) in [4.78, 5) is 15.1. The van der Waals surface area contributed by atoms with Gasteiger partial charge in [0, 0.05) is 43.8 Å². The van der Waals surface area contributed by atoms with Crippen molar-refractivity contribution >= 4 is 49.5 Å². The molecule has 0 N–H and O–H groups in total. The van der Waals surface area contributed by atoms with Crippen molar-refractivity contribution in [2.24, 2.45) is 5.92 Å². The second kappa shape index (κ2) is 10.1. The molecule has 1 unspecified atom stereocenters. The van der Waals surface area contributed by atoms with E-state index in [0.29, 0.717) is 23.4 Å². The van der Waals surface area contributed by atoms with Crippen molar-refractivity contribution in [1.29, 1.82) is 0 Å². The Morgan fingerprint density at radius 2 is 1.31 bits per heavy atom. The van der Waals surface area contributed by atoms with E-state index in [1.165, 1.54) is 0 Å². The molecule has 5 heteroatoms. The predicted molar refractivity (Wildman–Crippen MR) is 182 cm³/mol. The van der Waals surface area contributed by atoms with Gasteiger partial charge in [-0.25, -0.2) is 15.0 Å². The van der Waals surface area contributed by atoms with Crippen LogP contribution in [0.3, 0.4) is 0 Å². The molecule has 5 aromatic carbocycles. The summed E-state index contributed by atoms with van der Waals surface area (Å²) in [6, 6.07) is 37.1. The molecule has 3 heterocycles. The number of hydrogen-bond donors (Lipinski definition) is 0. The maximum Gasteiger partial charge on any atom is 0.164 e. The number of hydrogen-bond acceptors (Lipinski definition) is 5. The predicted octanol–water partition coefficient (Wildman–Crippen LogP) is 10.7. The van der Waals surface area contributed by atoms with Gasteiger partial charge < -0.3 is 8.83 Å². The van der Waals surface area contributed by atoms with E-state index >= 15 is 0 Å². The van der Waals surface area contributed by atoms with Gasteiger partial charge in [0.25, 0.3) is 0 Å². The number of para-hydroxylation sites is 2. The summed E-state index contributed by atoms with van der Waals surface area (Å²) < 4.78 is 12.7. The highest BCUT2D eigenvalue weighted by Crippen LogP contribution is 2.41. The minimum Gasteiger partial charge on any atom is -0.456 e. The molecule has 0 amide bonds. The SMILES string of the molecule is CC1CC=CC=C1c1nc(-c2ccccc2)nc(-c2cccc3oc4c(-c5ccc6oc7ccccc7c6c5)cccc4c23)n1. The quantitative estimate of drug-likeness (QED) is 0.207. The second-order valence-corrected chi connectivity index (χ2v) is 11.6. The Bertz CT molecular complexity index is 2480. The molecule has 0 spiro atoms. The highest BCUT2D eigenvalue weighted by molar-refractivity contribution is 6.15. The third-order valence-corrected chi connectivity index (χ3v) is 8.81. The summed E-state index contributed by atoms with van der Waals surface area (Å²) in [5.41, 5.74) is 8.47. The van der Waals surface area contributed by atoms with Crippen LogP contribution in [0.15, 0.2) is 136 Å². The molecule has 1 aliphatic rings. The molecular weight excluding hydrogens is 554 g/mol. The molecule has 1 atom stereocenters. The van der Waals surface area contributed by atoms with Crippen LogP contribution in [0.1, 0.15) is 19.2 Å². The maximum atomic E-state index is 6.64. The molecule has 9 rings (SSSR count). The summed E-state index contributed by atoms with van der Waals surface area (Å²) in [5, 5.41) is 4.20. The summed E-state index contributed by atoms with van der Waals surface area (Å²) in [6.45, 7) is 2.22. The van der Waals surface area contributed by atoms with Gasteiger partial charge >= 0.3 is 0 Å². The molecule has 8 aromatic rings. The molecule has 0 fully saturated rings. The number of furan rings is 2. The van der Waals surface area contributed by atoms with Crippen molar-refractivity contribution in [2.75, 3.05) is 0 Å². The lowest BCUT2D eigenvalue weighted by Crippen LogP contribution is -2.08. The Labute approximate surface area is 259 Å². The van der Waals surface area contributed by atoms with Gasteiger partial charge in [-0.3, -0.25) is 0 Å². The van der Waals surface area contributed by atoms with Gasteiger partial charge in [0.05, 0.1) is 0 Å². The zero-order chi connectivity index (χ0) is 29.9. The number of rotatable bonds is 4. The molecule has 0 aliphatic heterocycles. The lowest BCUT2D eigenvalue weighted by Gasteiger charge is -2.17. The highest BCUT2D eigenvalue weighted by Gasteiger charge is 2.22. The normalized spacial score (nSPS) is 15.0. The Morgan fingerprint density at radius 3 is 2.22 bits per heavy atom. The van der Waals surface area contributed by atoms with Crippen LogP contribution < -0.4 is 0 Å². The van der Waals surface area contributed by atoms with Crippen molar-refractivity contribution in [3.8, 4) is 33.9 Å². The molecule has 0 saturated heterocycles. The number of allylic oxidation sites excluding steroid dienone is 4. The van der Waals surface area contributed by atoms with E-state index in [1.54, 1.807) is 0 Å². The molecule has 3 aromatic heterocycles. The number of benzene rings is 5. The number of nitrogens with zero attached hydrogens (tertiary/aromatic N) is 3. The van der Waals surface area contributed by atoms with E-state index in [2.05, 4.69) is 67.6 Å². The van der Waals surface area contributed by atoms with Gasteiger partial charge in [0.15, 0.2) is 17.5 Å². The van der Waals surface area contributed by atoms with Gasteiger partial charge in [-0.15, -0.1) is 0 Å². The molecule has 0 bridgehead atoms. The standard InChI is InChI=1S/C40H27N3O2/c1-24-11-5-6-14-27(24)39-41-38(25-12-3-2-4-13-25)42-40(43-39)31-18-10-20-35-36(31)30-17-9-16-28(37(30)45-35)26-21-22-34-32(23-26)29-15-7-8-19-33(29)44-34/h2-10,12-24H,11H2,1H3. The first-order chi connectivity index (χ1) is 22.2. The van der Waals surface area contributed by atoms with E-state index in [9.17, 15) is 0 Å². The fourth-order valence-corrected chi connectivity index (χ4v) is 6.54. The molecule has 1 aliphatic carbocycles. The maximum absolute atomic E-state index is 6.64. The van der Waals surface area contributed by atoms with Gasteiger partial charge in [0.2, 0.25) is 0 Å². The van der Waals surface area contributed by atoms with Crippen molar-refractivity contribution in [1.82, 2.24) is 15.0 Å². The monoisotopic (exact) mass is 581 g/mol. The Kier molecular flexibility index (Phi) is 5.78. The summed E-state index contributed by atoms with van der Waals surface area (Å²) in [6.07, 6.45) is 7.37. The van der Waals surface area contributed by atoms with Crippen molar-refractivity contribution < 1.29 is 8.83 Å². The molecule has 0 saturated carbocycles. The first-order valence-electron chi connectivity index (χ1n) is 15.3. The Morgan fingerprint density at radius 1 is 0.578 bits per heavy atom. The third-order valence-electron chi connectivity index (χ3n) is 8.81. The van der Waals surface area contributed by atoms with Crippen LogP contribution in [0.4, 0.5) is 0 Å². The van der Waals surface area contributed by atoms with Gasteiger partial charge in [-0.2, -0.15) is 0 Å². The average molecular weight is 582 g/mol. The van der Waals surface area contributed by atoms with Crippen LogP contribution in [0, 0.1) is 5.92 Å². The van der Waals surface area contributed by atoms with Crippen LogP contribution in [0.2, 0.25) is 0 Å². The molecule has 214 valence electrons. The summed E-state index contributed by atoms with van der Waals surface area (Å²) in [5.74, 6) is 2.31. The van der Waals surface area contributed by atoms with E-state index in [4.69, 9.17) is 23.8 Å². The minimum atomic E-state index is 0.312. The topological polar surface area (TPSA) is 65.0 Å². The van der Waals surface area contributed by atoms with Crippen LogP contribution in [-0.4, -0.2) is 15.0 Å². The van der Waals surface area contributed by atoms with Crippen LogP contribution >= 0.6 is 0 Å². The van der Waals surface area contributed by atoms with Crippen molar-refractivity contribution in [3.05, 3.63) is 133 Å². The highest BCUT2D eigenvalue weighted by atomic mass is 16.3. The fraction of sp³-hybridized carbons (Fsp3) is 0.0750. The van der Waals surface area contributed by atoms with E-state index < -0.39 is 0 Å². The zero-order valence-corrected chi connectivity index (χ0v) is 24.6. The number of aromatic nitrogens is 3. The zero-order valence-electron chi connectivity index (χ0n) is 24.6. The lowest BCUT2D eigenvalue weighted by molar-refractivity contribution is 0.668. The third kappa shape index (κ3) is 4.20. The van der Waals surface area contributed by atoms with Crippen molar-refractivity contribution in [2.45, 2.75) is 13.3 Å². The molecule has 0 radical (unpaired) electrons. The number of fused-ring (bicyclic) bond motifs is 6. The largest absolute Gasteiger partial charge is 0.456 e. The average Bonchev–Trinajstić information content (AvgIpc) is 3.67. The Hall–Kier alpha value is -5.81. The van der Waals surface area contributed by atoms with Crippen LogP contribution in [0.25, 0.3) is 83.4 Å². The van der Waals surface area contributed by atoms with Gasteiger partial charge in [0.1, 0.15) is 22.3 Å².